The number of likely N-dealkylation sites (tertiary alicyclic amines) is 1. The number of fused-ring (bicyclic) bond motifs is 1. The number of benzene rings is 1. The van der Waals surface area contributed by atoms with E-state index in [1.807, 2.05) is 4.57 Å². The first-order valence-electron chi connectivity index (χ1n) is 6.95. The summed E-state index contributed by atoms with van der Waals surface area (Å²) < 4.78 is 28.6. The summed E-state index contributed by atoms with van der Waals surface area (Å²) in [5.74, 6) is -0.872. The molecule has 1 aliphatic rings. The van der Waals surface area contributed by atoms with Crippen LogP contribution in [0.15, 0.2) is 12.1 Å². The van der Waals surface area contributed by atoms with Crippen LogP contribution in [0.1, 0.15) is 18.7 Å². The zero-order chi connectivity index (χ0) is 14.1. The van der Waals surface area contributed by atoms with E-state index in [0.29, 0.717) is 30.7 Å². The van der Waals surface area contributed by atoms with Crippen molar-refractivity contribution in [1.82, 2.24) is 14.5 Å². The van der Waals surface area contributed by atoms with Gasteiger partial charge in [-0.3, -0.25) is 4.90 Å². The molecule has 0 aliphatic carbocycles. The third kappa shape index (κ3) is 2.41. The SMILES string of the molecule is NCCn1c(CN2CCCC2)nc2cc(F)c(F)cc21. The molecule has 108 valence electrons. The van der Waals surface area contributed by atoms with Crippen LogP contribution in [0.4, 0.5) is 8.78 Å². The summed E-state index contributed by atoms with van der Waals surface area (Å²) in [6.45, 7) is 3.81. The number of nitrogens with zero attached hydrogens (tertiary/aromatic N) is 3. The number of nitrogens with two attached hydrogens (primary N) is 1. The minimum absolute atomic E-state index is 0.442. The summed E-state index contributed by atoms with van der Waals surface area (Å²) in [4.78, 5) is 6.76. The van der Waals surface area contributed by atoms with Gasteiger partial charge in [0.2, 0.25) is 0 Å². The highest BCUT2D eigenvalue weighted by atomic mass is 19.2. The first-order chi connectivity index (χ1) is 9.69. The fourth-order valence-electron chi connectivity index (χ4n) is 2.81. The Labute approximate surface area is 116 Å². The third-order valence-electron chi connectivity index (χ3n) is 3.79. The second-order valence-electron chi connectivity index (χ2n) is 5.21. The van der Waals surface area contributed by atoms with Gasteiger partial charge in [-0.25, -0.2) is 13.8 Å². The van der Waals surface area contributed by atoms with Crippen LogP contribution in [0.2, 0.25) is 0 Å². The molecule has 3 rings (SSSR count). The van der Waals surface area contributed by atoms with Crippen LogP contribution >= 0.6 is 0 Å². The molecule has 2 N–H and O–H groups in total. The minimum atomic E-state index is -0.859. The van der Waals surface area contributed by atoms with E-state index < -0.39 is 11.6 Å². The molecule has 1 aliphatic heterocycles. The molecule has 0 unspecified atom stereocenters. The molecule has 0 amide bonds. The average Bonchev–Trinajstić information content (AvgIpc) is 3.02. The summed E-state index contributed by atoms with van der Waals surface area (Å²) >= 11 is 0. The van der Waals surface area contributed by atoms with E-state index in [0.717, 1.165) is 25.0 Å². The normalized spacial score (nSPS) is 16.4. The number of imidazole rings is 1. The lowest BCUT2D eigenvalue weighted by atomic mass is 10.3. The molecule has 1 fully saturated rings. The Bertz CT molecular complexity index is 617. The van der Waals surface area contributed by atoms with Crippen LogP contribution in [-0.4, -0.2) is 34.1 Å². The molecular weight excluding hydrogens is 262 g/mol. The van der Waals surface area contributed by atoms with Crippen LogP contribution in [0, 0.1) is 11.6 Å². The van der Waals surface area contributed by atoms with Gasteiger partial charge >= 0.3 is 0 Å². The number of rotatable bonds is 4. The molecule has 2 aromatic rings. The van der Waals surface area contributed by atoms with E-state index in [1.54, 1.807) is 0 Å². The van der Waals surface area contributed by atoms with Crippen LogP contribution in [0.5, 0.6) is 0 Å². The van der Waals surface area contributed by atoms with Crippen LogP contribution < -0.4 is 5.73 Å². The highest BCUT2D eigenvalue weighted by Gasteiger charge is 2.18. The van der Waals surface area contributed by atoms with Gasteiger partial charge < -0.3 is 10.3 Å². The second kappa shape index (κ2) is 5.46. The van der Waals surface area contributed by atoms with Crippen LogP contribution in [-0.2, 0) is 13.1 Å². The summed E-state index contributed by atoms with van der Waals surface area (Å²) in [6, 6.07) is 2.37. The van der Waals surface area contributed by atoms with Crippen molar-refractivity contribution in [2.75, 3.05) is 19.6 Å². The van der Waals surface area contributed by atoms with Crippen molar-refractivity contribution in [2.24, 2.45) is 5.73 Å². The van der Waals surface area contributed by atoms with Gasteiger partial charge in [0.05, 0.1) is 17.6 Å². The lowest BCUT2D eigenvalue weighted by molar-refractivity contribution is 0.317. The summed E-state index contributed by atoms with van der Waals surface area (Å²) in [5, 5.41) is 0. The fraction of sp³-hybridized carbons (Fsp3) is 0.500. The summed E-state index contributed by atoms with van der Waals surface area (Å²) in [6.07, 6.45) is 2.39. The number of hydrogen-bond donors (Lipinski definition) is 1. The maximum absolute atomic E-state index is 13.4. The first kappa shape index (κ1) is 13.5. The Morgan fingerprint density at radius 3 is 2.55 bits per heavy atom. The van der Waals surface area contributed by atoms with Crippen molar-refractivity contribution in [3.8, 4) is 0 Å². The first-order valence-corrected chi connectivity index (χ1v) is 6.95. The Kier molecular flexibility index (Phi) is 3.67. The zero-order valence-electron chi connectivity index (χ0n) is 11.3. The van der Waals surface area contributed by atoms with E-state index in [2.05, 4.69) is 9.88 Å². The molecule has 0 bridgehead atoms. The van der Waals surface area contributed by atoms with Crippen LogP contribution in [0.25, 0.3) is 11.0 Å². The predicted molar refractivity (Wildman–Crippen MR) is 73.2 cm³/mol. The van der Waals surface area contributed by atoms with E-state index >= 15 is 0 Å². The van der Waals surface area contributed by atoms with Gasteiger partial charge in [-0.2, -0.15) is 0 Å². The lowest BCUT2D eigenvalue weighted by Gasteiger charge is -2.15. The molecule has 0 radical (unpaired) electrons. The van der Waals surface area contributed by atoms with E-state index in [9.17, 15) is 8.78 Å². The number of aromatic nitrogens is 2. The van der Waals surface area contributed by atoms with Crippen molar-refractivity contribution in [3.63, 3.8) is 0 Å². The maximum atomic E-state index is 13.4. The van der Waals surface area contributed by atoms with Gasteiger partial charge in [0, 0.05) is 25.2 Å². The molecule has 6 heteroatoms. The summed E-state index contributed by atoms with van der Waals surface area (Å²) in [5.41, 5.74) is 6.73. The topological polar surface area (TPSA) is 47.1 Å². The minimum Gasteiger partial charge on any atom is -0.329 e. The number of halogens is 2. The second-order valence-corrected chi connectivity index (χ2v) is 5.21. The van der Waals surface area contributed by atoms with Gasteiger partial charge in [-0.1, -0.05) is 0 Å². The van der Waals surface area contributed by atoms with Gasteiger partial charge in [0.15, 0.2) is 11.6 Å². The average molecular weight is 280 g/mol. The number of hydrogen-bond acceptors (Lipinski definition) is 3. The fourth-order valence-corrected chi connectivity index (χ4v) is 2.81. The lowest BCUT2D eigenvalue weighted by Crippen LogP contribution is -2.22. The molecule has 4 nitrogen and oxygen atoms in total. The van der Waals surface area contributed by atoms with Crippen molar-refractivity contribution < 1.29 is 8.78 Å². The molecule has 0 spiro atoms. The maximum Gasteiger partial charge on any atom is 0.161 e. The largest absolute Gasteiger partial charge is 0.329 e. The predicted octanol–water partition coefficient (Wildman–Crippen LogP) is 1.87. The summed E-state index contributed by atoms with van der Waals surface area (Å²) in [7, 11) is 0. The standard InChI is InChI=1S/C14H18F2N4/c15-10-7-12-13(8-11(10)16)20(6-3-17)14(18-12)9-19-4-1-2-5-19/h7-8H,1-6,9,17H2. The smallest absolute Gasteiger partial charge is 0.161 e. The van der Waals surface area contributed by atoms with Gasteiger partial charge in [0.25, 0.3) is 0 Å². The van der Waals surface area contributed by atoms with E-state index in [4.69, 9.17) is 5.73 Å². The molecule has 20 heavy (non-hydrogen) atoms. The van der Waals surface area contributed by atoms with Gasteiger partial charge in [-0.15, -0.1) is 0 Å². The molecular formula is C14H18F2N4. The molecule has 1 saturated heterocycles. The quantitative estimate of drug-likeness (QED) is 0.930. The highest BCUT2D eigenvalue weighted by molar-refractivity contribution is 5.76. The third-order valence-corrected chi connectivity index (χ3v) is 3.79. The van der Waals surface area contributed by atoms with Crippen LogP contribution in [0.3, 0.4) is 0 Å². The molecule has 0 saturated carbocycles. The Morgan fingerprint density at radius 1 is 1.15 bits per heavy atom. The van der Waals surface area contributed by atoms with Gasteiger partial charge in [-0.05, 0) is 25.9 Å². The molecule has 1 aromatic carbocycles. The highest BCUT2D eigenvalue weighted by Crippen LogP contribution is 2.22. The van der Waals surface area contributed by atoms with Crippen molar-refractivity contribution >= 4 is 11.0 Å². The van der Waals surface area contributed by atoms with E-state index in [-0.39, 0.29) is 0 Å². The van der Waals surface area contributed by atoms with E-state index in [1.165, 1.54) is 18.9 Å². The molecule has 0 atom stereocenters. The molecule has 2 heterocycles. The zero-order valence-corrected chi connectivity index (χ0v) is 11.3. The van der Waals surface area contributed by atoms with Crippen molar-refractivity contribution in [2.45, 2.75) is 25.9 Å². The van der Waals surface area contributed by atoms with Crippen molar-refractivity contribution in [1.29, 1.82) is 0 Å². The monoisotopic (exact) mass is 280 g/mol. The Hall–Kier alpha value is -1.53. The molecule has 1 aromatic heterocycles. The Morgan fingerprint density at radius 2 is 1.85 bits per heavy atom. The Balaban J connectivity index is 2.02. The van der Waals surface area contributed by atoms with Crippen molar-refractivity contribution in [3.05, 3.63) is 29.6 Å². The van der Waals surface area contributed by atoms with Gasteiger partial charge in [0.1, 0.15) is 5.82 Å².